The van der Waals surface area contributed by atoms with Crippen LogP contribution in [0.5, 0.6) is 0 Å². The lowest BCUT2D eigenvalue weighted by Crippen LogP contribution is -2.33. The molecule has 0 saturated carbocycles. The number of aliphatic carboxylic acids is 1. The minimum Gasteiger partial charge on any atom is -0.481 e. The molecule has 0 aromatic heterocycles. The molecule has 0 fully saturated rings. The zero-order valence-corrected chi connectivity index (χ0v) is 29.5. The summed E-state index contributed by atoms with van der Waals surface area (Å²) in [5.74, 6) is -2.48. The molecule has 1 aliphatic carbocycles. The van der Waals surface area contributed by atoms with E-state index in [1.165, 1.54) is 161 Å². The third kappa shape index (κ3) is 23.1. The number of hydrogen-bond donors (Lipinski definition) is 1. The number of carboxylic acid groups (broad SMARTS) is 1. The van der Waals surface area contributed by atoms with Crippen LogP contribution in [0, 0.1) is 11.8 Å². The zero-order chi connectivity index (χ0) is 31.9. The third-order valence-corrected chi connectivity index (χ3v) is 9.80. The van der Waals surface area contributed by atoms with E-state index in [4.69, 9.17) is 4.74 Å². The number of carbonyl (C=O) groups is 2. The number of hydrogen-bond acceptors (Lipinski definition) is 3. The molecular weight excluding hydrogens is 544 g/mol. The monoisotopic (exact) mass is 619 g/mol. The van der Waals surface area contributed by atoms with Crippen LogP contribution in [0.15, 0.2) is 12.2 Å². The van der Waals surface area contributed by atoms with Gasteiger partial charge in [-0.2, -0.15) is 0 Å². The molecule has 4 heteroatoms. The number of unbranched alkanes of at least 4 members (excludes halogenated alkanes) is 25. The molecule has 0 amide bonds. The summed E-state index contributed by atoms with van der Waals surface area (Å²) in [5, 5.41) is 9.63. The highest BCUT2D eigenvalue weighted by Gasteiger charge is 2.35. The molecule has 44 heavy (non-hydrogen) atoms. The number of esters is 1. The van der Waals surface area contributed by atoms with Crippen LogP contribution in [0.2, 0.25) is 0 Å². The average molecular weight is 619 g/mol. The third-order valence-electron chi connectivity index (χ3n) is 9.80. The van der Waals surface area contributed by atoms with E-state index in [0.29, 0.717) is 6.42 Å². The summed E-state index contributed by atoms with van der Waals surface area (Å²) in [6, 6.07) is 0. The molecule has 0 aromatic carbocycles. The SMILES string of the molecule is CCCCCCCCCCCCCCCCCC(CCCCCCCCCCCCCC)OC(=O)C1C=CCCC1C(=O)O. The summed E-state index contributed by atoms with van der Waals surface area (Å²) in [7, 11) is 0. The first kappa shape index (κ1) is 40.7. The Morgan fingerprint density at radius 1 is 0.591 bits per heavy atom. The van der Waals surface area contributed by atoms with Gasteiger partial charge in [0.1, 0.15) is 6.10 Å². The predicted octanol–water partition coefficient (Wildman–Crippen LogP) is 12.9. The Hall–Kier alpha value is -1.32. The van der Waals surface area contributed by atoms with Gasteiger partial charge in [0, 0.05) is 0 Å². The molecule has 0 spiro atoms. The largest absolute Gasteiger partial charge is 0.481 e. The Labute approximate surface area is 274 Å². The minimum atomic E-state index is -0.879. The molecule has 3 unspecified atom stereocenters. The Kier molecular flexibility index (Phi) is 28.1. The molecule has 1 rings (SSSR count). The highest BCUT2D eigenvalue weighted by molar-refractivity contribution is 5.83. The van der Waals surface area contributed by atoms with E-state index in [0.717, 1.165) is 32.1 Å². The van der Waals surface area contributed by atoms with Crippen molar-refractivity contribution in [2.75, 3.05) is 0 Å². The molecule has 4 nitrogen and oxygen atoms in total. The van der Waals surface area contributed by atoms with Gasteiger partial charge in [-0.25, -0.2) is 0 Å². The first-order valence-electron chi connectivity index (χ1n) is 19.7. The van der Waals surface area contributed by atoms with Gasteiger partial charge >= 0.3 is 11.9 Å². The lowest BCUT2D eigenvalue weighted by atomic mass is 9.84. The number of ether oxygens (including phenoxy) is 1. The van der Waals surface area contributed by atoms with Crippen LogP contribution in [-0.4, -0.2) is 23.1 Å². The van der Waals surface area contributed by atoms with Crippen LogP contribution in [0.4, 0.5) is 0 Å². The summed E-state index contributed by atoms with van der Waals surface area (Å²) < 4.78 is 6.04. The van der Waals surface area contributed by atoms with Crippen molar-refractivity contribution < 1.29 is 19.4 Å². The second kappa shape index (κ2) is 30.3. The molecule has 1 N–H and O–H groups in total. The van der Waals surface area contributed by atoms with Crippen molar-refractivity contribution in [3.8, 4) is 0 Å². The van der Waals surface area contributed by atoms with Crippen molar-refractivity contribution in [3.63, 3.8) is 0 Å². The van der Waals surface area contributed by atoms with E-state index in [2.05, 4.69) is 13.8 Å². The average Bonchev–Trinajstić information content (AvgIpc) is 3.03. The summed E-state index contributed by atoms with van der Waals surface area (Å²) in [4.78, 5) is 24.8. The summed E-state index contributed by atoms with van der Waals surface area (Å²) >= 11 is 0. The molecule has 258 valence electrons. The minimum absolute atomic E-state index is 0.0719. The number of carbonyl (C=O) groups excluding carboxylic acids is 1. The van der Waals surface area contributed by atoms with E-state index in [9.17, 15) is 14.7 Å². The maximum Gasteiger partial charge on any atom is 0.313 e. The van der Waals surface area contributed by atoms with Crippen LogP contribution >= 0.6 is 0 Å². The number of rotatable bonds is 32. The summed E-state index contributed by atoms with van der Waals surface area (Å²) in [6.45, 7) is 4.56. The molecule has 0 radical (unpaired) electrons. The Bertz CT molecular complexity index is 687. The van der Waals surface area contributed by atoms with Gasteiger partial charge in [0.25, 0.3) is 0 Å². The van der Waals surface area contributed by atoms with Crippen LogP contribution in [0.3, 0.4) is 0 Å². The molecule has 0 saturated heterocycles. The summed E-state index contributed by atoms with van der Waals surface area (Å²) in [6.07, 6.45) is 42.8. The van der Waals surface area contributed by atoms with Crippen molar-refractivity contribution >= 4 is 11.9 Å². The van der Waals surface area contributed by atoms with Gasteiger partial charge in [-0.05, 0) is 38.5 Å². The fourth-order valence-corrected chi connectivity index (χ4v) is 6.81. The number of carboxylic acids is 1. The molecule has 1 aliphatic rings. The van der Waals surface area contributed by atoms with Gasteiger partial charge in [0.15, 0.2) is 0 Å². The molecule has 0 aliphatic heterocycles. The lowest BCUT2D eigenvalue weighted by Gasteiger charge is -2.26. The quantitative estimate of drug-likeness (QED) is 0.0463. The van der Waals surface area contributed by atoms with Crippen LogP contribution in [-0.2, 0) is 14.3 Å². The molecular formula is C40H74O4. The van der Waals surface area contributed by atoms with Crippen molar-refractivity contribution in [2.45, 2.75) is 219 Å². The second-order valence-corrected chi connectivity index (χ2v) is 14.0. The standard InChI is InChI=1S/C40H74O4/c1-3-5-7-9-11-13-15-17-18-19-21-23-25-27-29-33-36(44-40(43)38-35-31-30-34-37(38)39(41)42)32-28-26-24-22-20-16-14-12-10-8-6-4-2/h31,35-38H,3-30,32-34H2,1-2H3,(H,41,42). The lowest BCUT2D eigenvalue weighted by molar-refractivity contribution is -0.160. The highest BCUT2D eigenvalue weighted by atomic mass is 16.5. The topological polar surface area (TPSA) is 63.6 Å². The van der Waals surface area contributed by atoms with Gasteiger partial charge in [0.05, 0.1) is 11.8 Å². The van der Waals surface area contributed by atoms with Gasteiger partial charge in [-0.15, -0.1) is 0 Å². The fourth-order valence-electron chi connectivity index (χ4n) is 6.81. The normalized spacial score (nSPS) is 17.1. The summed E-state index contributed by atoms with van der Waals surface area (Å²) in [5.41, 5.74) is 0. The molecule has 0 bridgehead atoms. The smallest absolute Gasteiger partial charge is 0.313 e. The van der Waals surface area contributed by atoms with Crippen molar-refractivity contribution in [1.29, 1.82) is 0 Å². The van der Waals surface area contributed by atoms with E-state index < -0.39 is 17.8 Å². The number of allylic oxidation sites excluding steroid dienone is 1. The van der Waals surface area contributed by atoms with E-state index in [-0.39, 0.29) is 12.1 Å². The van der Waals surface area contributed by atoms with Gasteiger partial charge in [0.2, 0.25) is 0 Å². The molecule has 0 aromatic rings. The Balaban J connectivity index is 2.24. The molecule has 0 heterocycles. The maximum absolute atomic E-state index is 13.1. The Morgan fingerprint density at radius 3 is 1.27 bits per heavy atom. The highest BCUT2D eigenvalue weighted by Crippen LogP contribution is 2.28. The fraction of sp³-hybridized carbons (Fsp3) is 0.900. The Morgan fingerprint density at radius 2 is 0.932 bits per heavy atom. The zero-order valence-electron chi connectivity index (χ0n) is 29.5. The van der Waals surface area contributed by atoms with Gasteiger partial charge < -0.3 is 9.84 Å². The second-order valence-electron chi connectivity index (χ2n) is 14.0. The van der Waals surface area contributed by atoms with E-state index in [1.807, 2.05) is 6.08 Å². The van der Waals surface area contributed by atoms with Crippen LogP contribution in [0.1, 0.15) is 213 Å². The predicted molar refractivity (Wildman–Crippen MR) is 188 cm³/mol. The van der Waals surface area contributed by atoms with Gasteiger partial charge in [-0.1, -0.05) is 187 Å². The maximum atomic E-state index is 13.1. The van der Waals surface area contributed by atoms with E-state index in [1.54, 1.807) is 6.08 Å². The van der Waals surface area contributed by atoms with Crippen molar-refractivity contribution in [3.05, 3.63) is 12.2 Å². The van der Waals surface area contributed by atoms with Gasteiger partial charge in [-0.3, -0.25) is 9.59 Å². The van der Waals surface area contributed by atoms with E-state index >= 15 is 0 Å². The van der Waals surface area contributed by atoms with Crippen molar-refractivity contribution in [1.82, 2.24) is 0 Å². The first-order valence-corrected chi connectivity index (χ1v) is 19.7. The van der Waals surface area contributed by atoms with Crippen LogP contribution < -0.4 is 0 Å². The first-order chi connectivity index (χ1) is 21.6. The van der Waals surface area contributed by atoms with Crippen molar-refractivity contribution in [2.24, 2.45) is 11.8 Å². The molecule has 3 atom stereocenters. The van der Waals surface area contributed by atoms with Crippen LogP contribution in [0.25, 0.3) is 0 Å².